The van der Waals surface area contributed by atoms with E-state index in [0.717, 1.165) is 25.0 Å². The van der Waals surface area contributed by atoms with Crippen molar-refractivity contribution in [2.75, 3.05) is 24.7 Å². The van der Waals surface area contributed by atoms with E-state index in [4.69, 9.17) is 14.5 Å². The maximum atomic E-state index is 12.0. The molecule has 3 heterocycles. The molecule has 0 bridgehead atoms. The van der Waals surface area contributed by atoms with E-state index in [2.05, 4.69) is 40.0 Å². The summed E-state index contributed by atoms with van der Waals surface area (Å²) in [5.41, 5.74) is 0.600. The lowest BCUT2D eigenvalue weighted by Crippen LogP contribution is -2.33. The normalized spacial score (nSPS) is 24.9. The van der Waals surface area contributed by atoms with E-state index in [0.29, 0.717) is 16.5 Å². The van der Waals surface area contributed by atoms with Crippen molar-refractivity contribution in [2.24, 2.45) is 0 Å². The summed E-state index contributed by atoms with van der Waals surface area (Å²) in [4.78, 5) is 49.3. The molecule has 1 saturated heterocycles. The highest BCUT2D eigenvalue weighted by molar-refractivity contribution is 7.99. The lowest BCUT2D eigenvalue weighted by atomic mass is 10.1. The Morgan fingerprint density at radius 2 is 1.85 bits per heavy atom. The second-order valence-corrected chi connectivity index (χ2v) is 13.5. The predicted molar refractivity (Wildman–Crippen MR) is 135 cm³/mol. The Hall–Kier alpha value is -1.27. The topological polar surface area (TPSA) is 265 Å². The molecule has 0 spiro atoms. The first-order chi connectivity index (χ1) is 18.2. The van der Waals surface area contributed by atoms with E-state index in [1.54, 1.807) is 7.05 Å². The summed E-state index contributed by atoms with van der Waals surface area (Å²) in [5.74, 6) is 1.14. The van der Waals surface area contributed by atoms with Crippen molar-refractivity contribution in [2.45, 2.75) is 49.0 Å². The van der Waals surface area contributed by atoms with Crippen LogP contribution in [0.4, 0.5) is 5.82 Å². The summed E-state index contributed by atoms with van der Waals surface area (Å²) in [7, 11) is -15.1. The number of imidazole rings is 1. The number of aliphatic hydroxyl groups excluding tert-OH is 2. The summed E-state index contributed by atoms with van der Waals surface area (Å²) in [6.07, 6.45) is -0.146. The summed E-state index contributed by atoms with van der Waals surface area (Å²) < 4.78 is 53.0. The first kappa shape index (κ1) is 32.2. The molecule has 0 aliphatic carbocycles. The molecule has 39 heavy (non-hydrogen) atoms. The van der Waals surface area contributed by atoms with Gasteiger partial charge in [0.1, 0.15) is 18.3 Å². The maximum Gasteiger partial charge on any atom is 0.490 e. The van der Waals surface area contributed by atoms with Crippen molar-refractivity contribution in [1.29, 1.82) is 0 Å². The van der Waals surface area contributed by atoms with Crippen LogP contribution in [0.1, 0.15) is 25.5 Å². The Labute approximate surface area is 225 Å². The number of aliphatic hydroxyl groups is 2. The molecule has 3 rings (SSSR count). The third-order valence-electron chi connectivity index (χ3n) is 5.10. The largest absolute Gasteiger partial charge is 0.490 e. The van der Waals surface area contributed by atoms with Crippen LogP contribution in [0.5, 0.6) is 0 Å². The molecule has 0 aromatic carbocycles. The van der Waals surface area contributed by atoms with Gasteiger partial charge in [-0.3, -0.25) is 9.09 Å². The number of hydrogen-bond acceptors (Lipinski definition) is 14. The molecular weight excluding hydrogens is 607 g/mol. The number of unbranched alkanes of at least 4 members (excludes halogenated alkanes) is 2. The van der Waals surface area contributed by atoms with Crippen LogP contribution in [0, 0.1) is 0 Å². The van der Waals surface area contributed by atoms with Crippen LogP contribution < -0.4 is 5.32 Å². The van der Waals surface area contributed by atoms with E-state index in [-0.39, 0.29) is 5.65 Å². The molecule has 0 amide bonds. The smallest absolute Gasteiger partial charge is 0.387 e. The number of anilines is 1. The molecule has 2 aromatic heterocycles. The standard InChI is InChI=1S/C17H28N5O13P3S/c1-3-4-5-6-7-39-17-20-14(18-2)11-15(21-17)22(9-19-11)16-13(24)12(23)10(33-16)8-32-37(28,29)35-38(30,31)34-36(25,26)27/h3,9-10,12-13,16,23-24H,1,4-8H2,2H3,(H,28,29)(H,30,31)(H,18,20,21)(H2,25,26,27)/t10-,12-,13-,16-/m1/s1. The molecule has 6 atom stereocenters. The van der Waals surface area contributed by atoms with E-state index < -0.39 is 54.6 Å². The van der Waals surface area contributed by atoms with Gasteiger partial charge in [0.15, 0.2) is 28.4 Å². The minimum atomic E-state index is -5.72. The van der Waals surface area contributed by atoms with Crippen LogP contribution in [0.2, 0.25) is 0 Å². The summed E-state index contributed by atoms with van der Waals surface area (Å²) >= 11 is 1.40. The molecular formula is C17H28N5O13P3S. The van der Waals surface area contributed by atoms with Crippen molar-refractivity contribution >= 4 is 52.2 Å². The van der Waals surface area contributed by atoms with Crippen molar-refractivity contribution in [3.63, 3.8) is 0 Å². The molecule has 220 valence electrons. The fourth-order valence-electron chi connectivity index (χ4n) is 3.44. The number of nitrogens with zero attached hydrogens (tertiary/aromatic N) is 4. The van der Waals surface area contributed by atoms with Crippen molar-refractivity contribution in [3.8, 4) is 0 Å². The second kappa shape index (κ2) is 13.1. The number of rotatable bonds is 15. The molecule has 2 aromatic rings. The third-order valence-corrected chi connectivity index (χ3v) is 9.84. The SMILES string of the molecule is C=CCCCCSc1nc(NC)c2ncn([C@@H]3O[C@H](COP(=O)(O)OP(=O)(O)OP(=O)(O)O)[C@@H](O)[C@H]3O)c2n1. The number of allylic oxidation sites excluding steroid dienone is 1. The molecule has 18 nitrogen and oxygen atoms in total. The van der Waals surface area contributed by atoms with Crippen molar-refractivity contribution < 1.29 is 61.4 Å². The van der Waals surface area contributed by atoms with Gasteiger partial charge in [-0.25, -0.2) is 28.6 Å². The minimum Gasteiger partial charge on any atom is -0.387 e. The lowest BCUT2D eigenvalue weighted by Gasteiger charge is -2.19. The fourth-order valence-corrected chi connectivity index (χ4v) is 7.31. The highest BCUT2D eigenvalue weighted by Crippen LogP contribution is 2.66. The summed E-state index contributed by atoms with van der Waals surface area (Å²) in [6, 6.07) is 0. The fraction of sp³-hybridized carbons (Fsp3) is 0.588. The van der Waals surface area contributed by atoms with E-state index in [1.807, 2.05) is 6.08 Å². The van der Waals surface area contributed by atoms with Crippen molar-refractivity contribution in [3.05, 3.63) is 19.0 Å². The van der Waals surface area contributed by atoms with Gasteiger partial charge in [0, 0.05) is 12.8 Å². The van der Waals surface area contributed by atoms with Gasteiger partial charge in [0.2, 0.25) is 0 Å². The van der Waals surface area contributed by atoms with Gasteiger partial charge >= 0.3 is 23.5 Å². The number of thioether (sulfide) groups is 1. The van der Waals surface area contributed by atoms with Crippen LogP contribution in [-0.2, 0) is 31.6 Å². The minimum absolute atomic E-state index is 0.257. The third kappa shape index (κ3) is 8.86. The number of hydrogen-bond donors (Lipinski definition) is 7. The second-order valence-electron chi connectivity index (χ2n) is 7.99. The molecule has 0 radical (unpaired) electrons. The van der Waals surface area contributed by atoms with Gasteiger partial charge in [-0.15, -0.1) is 6.58 Å². The van der Waals surface area contributed by atoms with Crippen LogP contribution in [0.25, 0.3) is 11.2 Å². The van der Waals surface area contributed by atoms with Gasteiger partial charge < -0.3 is 39.8 Å². The Kier molecular flexibility index (Phi) is 10.9. The molecule has 1 fully saturated rings. The van der Waals surface area contributed by atoms with E-state index >= 15 is 0 Å². The molecule has 1 aliphatic rings. The molecule has 0 saturated carbocycles. The van der Waals surface area contributed by atoms with Gasteiger partial charge in [-0.05, 0) is 19.3 Å². The van der Waals surface area contributed by atoms with Crippen LogP contribution in [0.3, 0.4) is 0 Å². The monoisotopic (exact) mass is 635 g/mol. The zero-order valence-electron chi connectivity index (χ0n) is 20.3. The zero-order chi connectivity index (χ0) is 29.0. The molecule has 22 heteroatoms. The quantitative estimate of drug-likeness (QED) is 0.0477. The molecule has 1 aliphatic heterocycles. The average molecular weight is 635 g/mol. The number of fused-ring (bicyclic) bond motifs is 1. The summed E-state index contributed by atoms with van der Waals surface area (Å²) in [6.45, 7) is 2.74. The molecule has 2 unspecified atom stereocenters. The Bertz CT molecular complexity index is 1310. The Morgan fingerprint density at radius 3 is 2.49 bits per heavy atom. The van der Waals surface area contributed by atoms with Gasteiger partial charge in [-0.2, -0.15) is 8.62 Å². The highest BCUT2D eigenvalue weighted by atomic mass is 32.2. The van der Waals surface area contributed by atoms with E-state index in [1.165, 1.54) is 22.7 Å². The molecule has 7 N–H and O–H groups in total. The van der Waals surface area contributed by atoms with Gasteiger partial charge in [0.05, 0.1) is 12.9 Å². The highest BCUT2D eigenvalue weighted by Gasteiger charge is 2.47. The van der Waals surface area contributed by atoms with Gasteiger partial charge in [-0.1, -0.05) is 17.8 Å². The van der Waals surface area contributed by atoms with Crippen LogP contribution in [0.15, 0.2) is 24.1 Å². The maximum absolute atomic E-state index is 12.0. The zero-order valence-corrected chi connectivity index (χ0v) is 23.8. The van der Waals surface area contributed by atoms with Crippen molar-refractivity contribution in [1.82, 2.24) is 19.5 Å². The average Bonchev–Trinajstić information content (AvgIpc) is 3.35. The number of phosphoric ester groups is 1. The Morgan fingerprint density at radius 1 is 1.13 bits per heavy atom. The lowest BCUT2D eigenvalue weighted by molar-refractivity contribution is -0.0503. The summed E-state index contributed by atoms with van der Waals surface area (Å²) in [5, 5.41) is 24.4. The number of nitrogens with one attached hydrogen (secondary N) is 1. The van der Waals surface area contributed by atoms with Crippen LogP contribution >= 0.6 is 35.2 Å². The number of aromatic nitrogens is 4. The van der Waals surface area contributed by atoms with Crippen LogP contribution in [-0.4, -0.2) is 87.0 Å². The number of ether oxygens (including phenoxy) is 1. The van der Waals surface area contributed by atoms with E-state index in [9.17, 15) is 33.7 Å². The first-order valence-electron chi connectivity index (χ1n) is 11.1. The first-order valence-corrected chi connectivity index (χ1v) is 16.6. The predicted octanol–water partition coefficient (Wildman–Crippen LogP) is 1.28. The van der Waals surface area contributed by atoms with Gasteiger partial charge in [0.25, 0.3) is 0 Å². The Balaban J connectivity index is 1.73. The number of phosphoric acid groups is 3.